The molecule has 1 aliphatic heterocycles. The summed E-state index contributed by atoms with van der Waals surface area (Å²) in [5, 5.41) is 25.0. The summed E-state index contributed by atoms with van der Waals surface area (Å²) in [5.74, 6) is 0.469. The normalized spacial score (nSPS) is 16.9. The summed E-state index contributed by atoms with van der Waals surface area (Å²) in [6, 6.07) is 5.68. The highest BCUT2D eigenvalue weighted by Gasteiger charge is 2.33. The molecule has 0 unspecified atom stereocenters. The number of rotatable bonds is 7. The molecule has 3 heterocycles. The van der Waals surface area contributed by atoms with Gasteiger partial charge in [0.2, 0.25) is 25.9 Å². The Labute approximate surface area is 184 Å². The molecular weight excluding hydrogens is 458 g/mol. The maximum atomic E-state index is 13.2. The molecule has 1 atom stereocenters. The molecule has 1 saturated heterocycles. The summed E-state index contributed by atoms with van der Waals surface area (Å²) in [5.41, 5.74) is 0.741. The van der Waals surface area contributed by atoms with Gasteiger partial charge in [0.05, 0.1) is 5.56 Å². The molecule has 13 nitrogen and oxygen atoms in total. The van der Waals surface area contributed by atoms with Crippen LogP contribution in [0.4, 0.5) is 5.82 Å². The molecule has 1 aromatic carbocycles. The third-order valence-corrected chi connectivity index (χ3v) is 7.66. The molecule has 3 aromatic rings. The predicted molar refractivity (Wildman–Crippen MR) is 115 cm³/mol. The molecule has 1 fully saturated rings. The molecule has 1 aliphatic rings. The van der Waals surface area contributed by atoms with E-state index in [2.05, 4.69) is 41.0 Å². The van der Waals surface area contributed by atoms with Gasteiger partial charge in [-0.15, -0.1) is 10.2 Å². The van der Waals surface area contributed by atoms with Crippen LogP contribution in [0.15, 0.2) is 40.3 Å². The summed E-state index contributed by atoms with van der Waals surface area (Å²) in [4.78, 5) is 3.13. The third-order valence-electron chi connectivity index (χ3n) is 4.98. The molecular formula is C17H21N9O4S2. The minimum Gasteiger partial charge on any atom is -0.373 e. The first kappa shape index (κ1) is 22.2. The lowest BCUT2D eigenvalue weighted by atomic mass is 10.0. The van der Waals surface area contributed by atoms with E-state index in [0.29, 0.717) is 36.5 Å². The maximum absolute atomic E-state index is 13.2. The van der Waals surface area contributed by atoms with Crippen LogP contribution in [0.3, 0.4) is 0 Å². The van der Waals surface area contributed by atoms with Crippen molar-refractivity contribution in [3.05, 3.63) is 30.5 Å². The number of benzene rings is 1. The lowest BCUT2D eigenvalue weighted by Gasteiger charge is -2.18. The Bertz CT molecular complexity index is 1320. The maximum Gasteiger partial charge on any atom is 0.242 e. The van der Waals surface area contributed by atoms with Crippen molar-refractivity contribution in [2.75, 3.05) is 25.5 Å². The molecule has 0 bridgehead atoms. The molecule has 0 saturated carbocycles. The Morgan fingerprint density at radius 1 is 1.16 bits per heavy atom. The van der Waals surface area contributed by atoms with Crippen LogP contribution in [0.25, 0.3) is 22.5 Å². The monoisotopic (exact) mass is 479 g/mol. The van der Waals surface area contributed by atoms with E-state index in [1.165, 1.54) is 18.3 Å². The van der Waals surface area contributed by atoms with Crippen molar-refractivity contribution in [1.82, 2.24) is 35.6 Å². The number of primary sulfonamides is 1. The second-order valence-electron chi connectivity index (χ2n) is 7.09. The number of hydrogen-bond acceptors (Lipinski definition) is 10. The number of H-pyrrole nitrogens is 1. The van der Waals surface area contributed by atoms with Gasteiger partial charge in [0, 0.05) is 31.4 Å². The van der Waals surface area contributed by atoms with Crippen molar-refractivity contribution in [2.45, 2.75) is 22.3 Å². The van der Waals surface area contributed by atoms with Gasteiger partial charge in [-0.1, -0.05) is 6.07 Å². The van der Waals surface area contributed by atoms with Crippen molar-refractivity contribution >= 4 is 25.9 Å². The number of aromatic amines is 1. The molecule has 0 aliphatic carbocycles. The van der Waals surface area contributed by atoms with E-state index < -0.39 is 29.8 Å². The molecule has 32 heavy (non-hydrogen) atoms. The molecule has 0 amide bonds. The van der Waals surface area contributed by atoms with E-state index in [4.69, 9.17) is 5.14 Å². The van der Waals surface area contributed by atoms with Gasteiger partial charge in [-0.2, -0.15) is 5.21 Å². The molecule has 2 aromatic heterocycles. The van der Waals surface area contributed by atoms with Crippen LogP contribution in [0.5, 0.6) is 0 Å². The molecule has 15 heteroatoms. The second kappa shape index (κ2) is 8.51. The van der Waals surface area contributed by atoms with Crippen LogP contribution in [-0.4, -0.2) is 68.6 Å². The summed E-state index contributed by atoms with van der Waals surface area (Å²) >= 11 is 0. The van der Waals surface area contributed by atoms with Gasteiger partial charge in [0.25, 0.3) is 0 Å². The fraction of sp³-hybridized carbons (Fsp3) is 0.294. The quantitative estimate of drug-likeness (QED) is 0.287. The van der Waals surface area contributed by atoms with Crippen LogP contribution < -0.4 is 20.5 Å². The topological polar surface area (TPSA) is 198 Å². The van der Waals surface area contributed by atoms with E-state index >= 15 is 0 Å². The fourth-order valence-corrected chi connectivity index (χ4v) is 6.40. The Hall–Kier alpha value is -2.98. The molecule has 0 radical (unpaired) electrons. The minimum absolute atomic E-state index is 0.0901. The van der Waals surface area contributed by atoms with E-state index in [1.807, 2.05) is 0 Å². The van der Waals surface area contributed by atoms with Gasteiger partial charge in [-0.25, -0.2) is 31.7 Å². The molecule has 6 N–H and O–H groups in total. The zero-order valence-corrected chi connectivity index (χ0v) is 18.5. The summed E-state index contributed by atoms with van der Waals surface area (Å²) in [7, 11) is -7.07. The fourth-order valence-electron chi connectivity index (χ4n) is 3.53. The predicted octanol–water partition coefficient (Wildman–Crippen LogP) is -0.742. The zero-order chi connectivity index (χ0) is 22.9. The standard InChI is InChI=1S/C17H21N9O4S2/c1-19-14-5-2-10(8-21-14)12-3-4-13(32(29,30)24-11-6-7-20-9-11)16(31(18,27)28)15(12)17-22-25-26-23-17/h2-5,8,11,20,24H,6-7,9H2,1H3,(H,19,21)(H2,18,27,28)(H,22,23,25,26)/t11-/m1/s1. The zero-order valence-electron chi connectivity index (χ0n) is 16.9. The first-order chi connectivity index (χ1) is 15.2. The van der Waals surface area contributed by atoms with Crippen LogP contribution in [0.2, 0.25) is 0 Å². The number of aromatic nitrogens is 5. The van der Waals surface area contributed by atoms with Gasteiger partial charge < -0.3 is 10.6 Å². The highest BCUT2D eigenvalue weighted by atomic mass is 32.2. The number of nitrogens with one attached hydrogen (secondary N) is 4. The highest BCUT2D eigenvalue weighted by molar-refractivity contribution is 7.92. The lowest BCUT2D eigenvalue weighted by Crippen LogP contribution is -2.37. The van der Waals surface area contributed by atoms with Crippen molar-refractivity contribution < 1.29 is 16.8 Å². The Morgan fingerprint density at radius 2 is 1.97 bits per heavy atom. The van der Waals surface area contributed by atoms with Crippen LogP contribution >= 0.6 is 0 Å². The van der Waals surface area contributed by atoms with Crippen LogP contribution in [0.1, 0.15) is 6.42 Å². The highest BCUT2D eigenvalue weighted by Crippen LogP contribution is 2.38. The van der Waals surface area contributed by atoms with Crippen LogP contribution in [-0.2, 0) is 20.0 Å². The number of sulfonamides is 2. The molecule has 4 rings (SSSR count). The van der Waals surface area contributed by atoms with E-state index in [9.17, 15) is 16.8 Å². The van der Waals surface area contributed by atoms with E-state index in [0.717, 1.165) is 0 Å². The van der Waals surface area contributed by atoms with Gasteiger partial charge in [-0.05, 0) is 41.9 Å². The van der Waals surface area contributed by atoms with Gasteiger partial charge >= 0.3 is 0 Å². The minimum atomic E-state index is -4.54. The average Bonchev–Trinajstić information content (AvgIpc) is 3.46. The number of nitrogens with two attached hydrogens (primary N) is 1. The first-order valence-corrected chi connectivity index (χ1v) is 12.5. The average molecular weight is 480 g/mol. The lowest BCUT2D eigenvalue weighted by molar-refractivity contribution is 0.555. The Kier molecular flexibility index (Phi) is 5.91. The summed E-state index contributed by atoms with van der Waals surface area (Å²) < 4.78 is 54.3. The Balaban J connectivity index is 1.98. The van der Waals surface area contributed by atoms with Gasteiger partial charge in [0.1, 0.15) is 15.6 Å². The van der Waals surface area contributed by atoms with Crippen LogP contribution in [0, 0.1) is 0 Å². The largest absolute Gasteiger partial charge is 0.373 e. The van der Waals surface area contributed by atoms with Crippen molar-refractivity contribution in [2.24, 2.45) is 5.14 Å². The second-order valence-corrected chi connectivity index (χ2v) is 10.3. The number of anilines is 1. The molecule has 170 valence electrons. The van der Waals surface area contributed by atoms with E-state index in [1.54, 1.807) is 19.2 Å². The number of pyridine rings is 1. The third kappa shape index (κ3) is 4.33. The first-order valence-electron chi connectivity index (χ1n) is 9.51. The smallest absolute Gasteiger partial charge is 0.242 e. The summed E-state index contributed by atoms with van der Waals surface area (Å²) in [6.45, 7) is 1.08. The van der Waals surface area contributed by atoms with Crippen molar-refractivity contribution in [3.63, 3.8) is 0 Å². The van der Waals surface area contributed by atoms with Crippen molar-refractivity contribution in [3.8, 4) is 22.5 Å². The SMILES string of the molecule is CNc1ccc(-c2ccc(S(=O)(=O)N[C@@H]3CCNC3)c(S(N)(=O)=O)c2-c2nn[nH]n2)cn1. The van der Waals surface area contributed by atoms with Gasteiger partial charge in [-0.3, -0.25) is 0 Å². The number of nitrogens with zero attached hydrogens (tertiary/aromatic N) is 4. The summed E-state index contributed by atoms with van der Waals surface area (Å²) in [6.07, 6.45) is 2.08. The van der Waals surface area contributed by atoms with Crippen molar-refractivity contribution in [1.29, 1.82) is 0 Å². The molecule has 0 spiro atoms. The number of tetrazole rings is 1. The van der Waals surface area contributed by atoms with Gasteiger partial charge in [0.15, 0.2) is 0 Å². The number of hydrogen-bond donors (Lipinski definition) is 5. The van der Waals surface area contributed by atoms with E-state index in [-0.39, 0.29) is 17.4 Å². The Morgan fingerprint density at radius 3 is 2.53 bits per heavy atom.